The van der Waals surface area contributed by atoms with Crippen molar-refractivity contribution < 1.29 is 4.79 Å². The van der Waals surface area contributed by atoms with Crippen LogP contribution < -0.4 is 0 Å². The average molecular weight is 266 g/mol. The molecule has 0 atom stereocenters. The van der Waals surface area contributed by atoms with Crippen molar-refractivity contribution in [2.75, 3.05) is 0 Å². The van der Waals surface area contributed by atoms with E-state index in [1.165, 1.54) is 0 Å². The summed E-state index contributed by atoms with van der Waals surface area (Å²) in [5, 5.41) is 9.78. The first-order chi connectivity index (χ1) is 6.76. The van der Waals surface area contributed by atoms with E-state index in [0.717, 1.165) is 13.9 Å². The summed E-state index contributed by atoms with van der Waals surface area (Å²) < 4.78 is 1.98. The fourth-order valence-corrected chi connectivity index (χ4v) is 2.87. The molecule has 0 aliphatic rings. The molecule has 68 valence electrons. The van der Waals surface area contributed by atoms with Gasteiger partial charge in [-0.3, -0.25) is 4.79 Å². The number of halogens is 1. The van der Waals surface area contributed by atoms with E-state index in [1.807, 2.05) is 12.1 Å². The van der Waals surface area contributed by atoms with Crippen molar-refractivity contribution in [3.05, 3.63) is 33.1 Å². The van der Waals surface area contributed by atoms with Gasteiger partial charge in [0.05, 0.1) is 9.35 Å². The number of rotatable bonds is 1. The first-order valence-corrected chi connectivity index (χ1v) is 5.44. The van der Waals surface area contributed by atoms with Gasteiger partial charge in [0.1, 0.15) is 6.07 Å². The van der Waals surface area contributed by atoms with Crippen molar-refractivity contribution in [1.82, 2.24) is 0 Å². The van der Waals surface area contributed by atoms with E-state index in [4.69, 9.17) is 5.26 Å². The summed E-state index contributed by atoms with van der Waals surface area (Å²) in [6, 6.07) is 7.46. The monoisotopic (exact) mass is 265 g/mol. The molecule has 14 heavy (non-hydrogen) atoms. The summed E-state index contributed by atoms with van der Waals surface area (Å²) >= 11 is 4.91. The van der Waals surface area contributed by atoms with Crippen LogP contribution in [-0.4, -0.2) is 6.29 Å². The fraction of sp³-hybridized carbons (Fsp3) is 0. The predicted octanol–water partition coefficient (Wildman–Crippen LogP) is 3.35. The van der Waals surface area contributed by atoms with Crippen LogP contribution in [0.15, 0.2) is 22.0 Å². The van der Waals surface area contributed by atoms with Gasteiger partial charge in [0.15, 0.2) is 6.29 Å². The second kappa shape index (κ2) is 3.52. The third-order valence-corrected chi connectivity index (χ3v) is 3.55. The van der Waals surface area contributed by atoms with Gasteiger partial charge in [0, 0.05) is 15.6 Å². The normalized spacial score (nSPS) is 10.0. The third-order valence-electron chi connectivity index (χ3n) is 1.94. The zero-order valence-electron chi connectivity index (χ0n) is 6.95. The van der Waals surface area contributed by atoms with Gasteiger partial charge in [-0.1, -0.05) is 0 Å². The van der Waals surface area contributed by atoms with Crippen LogP contribution in [0.2, 0.25) is 0 Å². The highest BCUT2D eigenvalue weighted by Gasteiger charge is 2.08. The lowest BCUT2D eigenvalue weighted by Crippen LogP contribution is -1.86. The Labute approximate surface area is 92.9 Å². The number of nitrogens with zero attached hydrogens (tertiary/aromatic N) is 1. The Morgan fingerprint density at radius 3 is 2.93 bits per heavy atom. The SMILES string of the molecule is N#Cc1c(C=O)ccc2sc(Br)cc12. The van der Waals surface area contributed by atoms with Gasteiger partial charge in [-0.15, -0.1) is 11.3 Å². The number of thiophene rings is 1. The first-order valence-electron chi connectivity index (χ1n) is 3.83. The van der Waals surface area contributed by atoms with E-state index < -0.39 is 0 Å². The van der Waals surface area contributed by atoms with E-state index in [-0.39, 0.29) is 0 Å². The van der Waals surface area contributed by atoms with Crippen LogP contribution in [0.1, 0.15) is 15.9 Å². The molecule has 0 aliphatic carbocycles. The summed E-state index contributed by atoms with van der Waals surface area (Å²) in [4.78, 5) is 10.7. The van der Waals surface area contributed by atoms with Crippen LogP contribution in [0, 0.1) is 11.3 Å². The van der Waals surface area contributed by atoms with Gasteiger partial charge in [0.2, 0.25) is 0 Å². The highest BCUT2D eigenvalue weighted by molar-refractivity contribution is 9.11. The molecule has 2 rings (SSSR count). The van der Waals surface area contributed by atoms with Crippen molar-refractivity contribution >= 4 is 43.6 Å². The Kier molecular flexibility index (Phi) is 2.36. The zero-order valence-corrected chi connectivity index (χ0v) is 9.35. The maximum absolute atomic E-state index is 10.7. The van der Waals surface area contributed by atoms with Crippen LogP contribution in [0.25, 0.3) is 10.1 Å². The van der Waals surface area contributed by atoms with Crippen LogP contribution in [0.3, 0.4) is 0 Å². The summed E-state index contributed by atoms with van der Waals surface area (Å²) in [5.74, 6) is 0. The molecule has 0 spiro atoms. The molecule has 2 aromatic rings. The minimum atomic E-state index is 0.449. The number of aldehydes is 1. The molecule has 0 saturated carbocycles. The minimum absolute atomic E-state index is 0.449. The van der Waals surface area contributed by atoms with Gasteiger partial charge >= 0.3 is 0 Å². The molecule has 4 heteroatoms. The number of benzene rings is 1. The lowest BCUT2D eigenvalue weighted by Gasteiger charge is -1.95. The Balaban J connectivity index is 2.91. The molecule has 0 bridgehead atoms. The van der Waals surface area contributed by atoms with Crippen LogP contribution in [-0.2, 0) is 0 Å². The average Bonchev–Trinajstić information content (AvgIpc) is 2.56. The Morgan fingerprint density at radius 1 is 1.50 bits per heavy atom. The van der Waals surface area contributed by atoms with Crippen molar-refractivity contribution in [2.24, 2.45) is 0 Å². The topological polar surface area (TPSA) is 40.9 Å². The number of carbonyl (C=O) groups is 1. The number of carbonyl (C=O) groups excluding carboxylic acids is 1. The molecule has 0 N–H and O–H groups in total. The Bertz CT molecular complexity index is 553. The van der Waals surface area contributed by atoms with Gasteiger partial charge in [-0.05, 0) is 34.1 Å². The van der Waals surface area contributed by atoms with Gasteiger partial charge in [-0.2, -0.15) is 5.26 Å². The molecule has 0 fully saturated rings. The molecule has 0 radical (unpaired) electrons. The number of fused-ring (bicyclic) bond motifs is 1. The van der Waals surface area contributed by atoms with E-state index in [0.29, 0.717) is 17.4 Å². The van der Waals surface area contributed by atoms with Crippen LogP contribution in [0.4, 0.5) is 0 Å². The molecular formula is C10H4BrNOS. The van der Waals surface area contributed by atoms with Crippen molar-refractivity contribution in [1.29, 1.82) is 5.26 Å². The van der Waals surface area contributed by atoms with Crippen molar-refractivity contribution in [3.63, 3.8) is 0 Å². The zero-order chi connectivity index (χ0) is 10.1. The largest absolute Gasteiger partial charge is 0.298 e. The first kappa shape index (κ1) is 9.38. The standard InChI is InChI=1S/C10H4BrNOS/c11-10-3-7-8(4-12)6(5-13)1-2-9(7)14-10/h1-3,5H. The summed E-state index contributed by atoms with van der Waals surface area (Å²) in [5.41, 5.74) is 0.907. The van der Waals surface area contributed by atoms with Crippen LogP contribution in [0.5, 0.6) is 0 Å². The second-order valence-electron chi connectivity index (χ2n) is 2.72. The molecule has 0 amide bonds. The highest BCUT2D eigenvalue weighted by atomic mass is 79.9. The Morgan fingerprint density at radius 2 is 2.29 bits per heavy atom. The summed E-state index contributed by atoms with van der Waals surface area (Å²) in [6.45, 7) is 0. The third kappa shape index (κ3) is 1.35. The van der Waals surface area contributed by atoms with Crippen LogP contribution >= 0.6 is 27.3 Å². The molecule has 0 unspecified atom stereocenters. The van der Waals surface area contributed by atoms with E-state index >= 15 is 0 Å². The molecule has 1 heterocycles. The lowest BCUT2D eigenvalue weighted by atomic mass is 10.1. The molecule has 1 aromatic carbocycles. The number of nitriles is 1. The summed E-state index contributed by atoms with van der Waals surface area (Å²) in [6.07, 6.45) is 0.712. The van der Waals surface area contributed by atoms with Crippen molar-refractivity contribution in [3.8, 4) is 6.07 Å². The highest BCUT2D eigenvalue weighted by Crippen LogP contribution is 2.32. The molecule has 2 nitrogen and oxygen atoms in total. The molecule has 1 aromatic heterocycles. The van der Waals surface area contributed by atoms with Gasteiger partial charge in [-0.25, -0.2) is 0 Å². The minimum Gasteiger partial charge on any atom is -0.298 e. The second-order valence-corrected chi connectivity index (χ2v) is 5.18. The quantitative estimate of drug-likeness (QED) is 0.742. The number of hydrogen-bond donors (Lipinski definition) is 0. The predicted molar refractivity (Wildman–Crippen MR) is 59.6 cm³/mol. The maximum atomic E-state index is 10.7. The maximum Gasteiger partial charge on any atom is 0.151 e. The lowest BCUT2D eigenvalue weighted by molar-refractivity contribution is 0.112. The van der Waals surface area contributed by atoms with Gasteiger partial charge < -0.3 is 0 Å². The molecule has 0 aliphatic heterocycles. The Hall–Kier alpha value is -1.18. The molecular weight excluding hydrogens is 262 g/mol. The van der Waals surface area contributed by atoms with E-state index in [9.17, 15) is 4.79 Å². The fourth-order valence-electron chi connectivity index (χ4n) is 1.32. The number of hydrogen-bond acceptors (Lipinski definition) is 3. The smallest absolute Gasteiger partial charge is 0.151 e. The van der Waals surface area contributed by atoms with E-state index in [2.05, 4.69) is 22.0 Å². The summed E-state index contributed by atoms with van der Waals surface area (Å²) in [7, 11) is 0. The molecule has 0 saturated heterocycles. The van der Waals surface area contributed by atoms with Crippen molar-refractivity contribution in [2.45, 2.75) is 0 Å². The van der Waals surface area contributed by atoms with E-state index in [1.54, 1.807) is 17.4 Å². The van der Waals surface area contributed by atoms with Gasteiger partial charge in [0.25, 0.3) is 0 Å².